The van der Waals surface area contributed by atoms with Crippen LogP contribution in [0.2, 0.25) is 0 Å². The topological polar surface area (TPSA) is 44.5 Å². The zero-order chi connectivity index (χ0) is 14.1. The number of ether oxygens (including phenoxy) is 2. The molecule has 1 aromatic rings. The number of hydrogen-bond donors (Lipinski definition) is 1. The van der Waals surface area contributed by atoms with Crippen molar-refractivity contribution >= 4 is 0 Å². The van der Waals surface area contributed by atoms with Crippen LogP contribution in [0.15, 0.2) is 18.2 Å². The lowest BCUT2D eigenvalue weighted by Crippen LogP contribution is -2.05. The highest BCUT2D eigenvalue weighted by Gasteiger charge is 2.13. The average Bonchev–Trinajstić information content (AvgIpc) is 2.44. The molecule has 1 atom stereocenters. The summed E-state index contributed by atoms with van der Waals surface area (Å²) < 4.78 is 11.0. The Balaban J connectivity index is 2.89. The Labute approximate surface area is 117 Å². The van der Waals surface area contributed by atoms with Crippen LogP contribution in [0.1, 0.15) is 51.0 Å². The van der Waals surface area contributed by atoms with Gasteiger partial charge in [-0.15, -0.1) is 0 Å². The third-order valence-electron chi connectivity index (χ3n) is 3.35. The lowest BCUT2D eigenvalue weighted by Gasteiger charge is -2.18. The third kappa shape index (κ3) is 4.75. The Bertz CT molecular complexity index is 366. The summed E-state index contributed by atoms with van der Waals surface area (Å²) in [5, 5.41) is 0. The fourth-order valence-electron chi connectivity index (χ4n) is 2.40. The Kier molecular flexibility index (Phi) is 7.34. The number of rotatable bonds is 9. The van der Waals surface area contributed by atoms with Crippen LogP contribution in [0.4, 0.5) is 0 Å². The van der Waals surface area contributed by atoms with Crippen LogP contribution in [0.3, 0.4) is 0 Å². The number of methoxy groups -OCH3 is 1. The fraction of sp³-hybridized carbons (Fsp3) is 0.625. The molecule has 1 rings (SSSR count). The Morgan fingerprint density at radius 2 is 1.95 bits per heavy atom. The summed E-state index contributed by atoms with van der Waals surface area (Å²) in [5.74, 6) is 2.22. The highest BCUT2D eigenvalue weighted by Crippen LogP contribution is 2.34. The SMILES string of the molecule is CCCC(CCCN)c1ccc(OCC)c(OC)c1. The normalized spacial score (nSPS) is 12.2. The molecule has 0 bridgehead atoms. The monoisotopic (exact) mass is 265 g/mol. The van der Waals surface area contributed by atoms with Crippen molar-refractivity contribution in [3.63, 3.8) is 0 Å². The zero-order valence-electron chi connectivity index (χ0n) is 12.4. The highest BCUT2D eigenvalue weighted by molar-refractivity contribution is 5.44. The van der Waals surface area contributed by atoms with Gasteiger partial charge >= 0.3 is 0 Å². The Hall–Kier alpha value is -1.22. The molecule has 0 spiro atoms. The smallest absolute Gasteiger partial charge is 0.161 e. The zero-order valence-corrected chi connectivity index (χ0v) is 12.4. The van der Waals surface area contributed by atoms with Gasteiger partial charge in [-0.05, 0) is 56.3 Å². The molecule has 0 radical (unpaired) electrons. The molecule has 3 nitrogen and oxygen atoms in total. The standard InChI is InChI=1S/C16H27NO2/c1-4-7-13(8-6-11-17)14-9-10-15(19-5-2)16(12-14)18-3/h9-10,12-13H,4-8,11,17H2,1-3H3. The summed E-state index contributed by atoms with van der Waals surface area (Å²) in [6.07, 6.45) is 4.59. The maximum Gasteiger partial charge on any atom is 0.161 e. The quantitative estimate of drug-likeness (QED) is 0.740. The molecule has 3 heteroatoms. The van der Waals surface area contributed by atoms with Gasteiger partial charge in [-0.1, -0.05) is 19.4 Å². The molecule has 0 saturated heterocycles. The largest absolute Gasteiger partial charge is 0.493 e. The van der Waals surface area contributed by atoms with Crippen molar-refractivity contribution in [1.82, 2.24) is 0 Å². The van der Waals surface area contributed by atoms with Crippen molar-refractivity contribution < 1.29 is 9.47 Å². The van der Waals surface area contributed by atoms with Crippen molar-refractivity contribution in [3.8, 4) is 11.5 Å². The van der Waals surface area contributed by atoms with E-state index >= 15 is 0 Å². The summed E-state index contributed by atoms with van der Waals surface area (Å²) >= 11 is 0. The van der Waals surface area contributed by atoms with E-state index in [9.17, 15) is 0 Å². The van der Waals surface area contributed by atoms with Crippen molar-refractivity contribution in [2.75, 3.05) is 20.3 Å². The first-order chi connectivity index (χ1) is 9.26. The lowest BCUT2D eigenvalue weighted by atomic mass is 9.90. The molecule has 0 aliphatic heterocycles. The first-order valence-electron chi connectivity index (χ1n) is 7.27. The van der Waals surface area contributed by atoms with Crippen LogP contribution < -0.4 is 15.2 Å². The maximum atomic E-state index is 5.63. The molecular weight excluding hydrogens is 238 g/mol. The third-order valence-corrected chi connectivity index (χ3v) is 3.35. The summed E-state index contributed by atoms with van der Waals surface area (Å²) in [6.45, 7) is 5.62. The molecule has 0 fully saturated rings. The molecule has 2 N–H and O–H groups in total. The molecular formula is C16H27NO2. The van der Waals surface area contributed by atoms with Crippen LogP contribution >= 0.6 is 0 Å². The minimum atomic E-state index is 0.568. The van der Waals surface area contributed by atoms with E-state index in [4.69, 9.17) is 15.2 Å². The highest BCUT2D eigenvalue weighted by atomic mass is 16.5. The summed E-state index contributed by atoms with van der Waals surface area (Å²) in [5.41, 5.74) is 6.96. The summed E-state index contributed by atoms with van der Waals surface area (Å²) in [7, 11) is 1.69. The Morgan fingerprint density at radius 1 is 1.16 bits per heavy atom. The first-order valence-corrected chi connectivity index (χ1v) is 7.27. The van der Waals surface area contributed by atoms with Gasteiger partial charge in [0.15, 0.2) is 11.5 Å². The molecule has 0 aliphatic carbocycles. The van der Waals surface area contributed by atoms with Crippen LogP contribution in [-0.2, 0) is 0 Å². The van der Waals surface area contributed by atoms with E-state index in [1.165, 1.54) is 18.4 Å². The van der Waals surface area contributed by atoms with Gasteiger partial charge in [0, 0.05) is 0 Å². The average molecular weight is 265 g/mol. The number of hydrogen-bond acceptors (Lipinski definition) is 3. The summed E-state index contributed by atoms with van der Waals surface area (Å²) in [4.78, 5) is 0. The Morgan fingerprint density at radius 3 is 2.53 bits per heavy atom. The van der Waals surface area contributed by atoms with Crippen molar-refractivity contribution in [2.24, 2.45) is 5.73 Å². The van der Waals surface area contributed by atoms with Gasteiger partial charge in [0.05, 0.1) is 13.7 Å². The molecule has 1 unspecified atom stereocenters. The van der Waals surface area contributed by atoms with Gasteiger partial charge < -0.3 is 15.2 Å². The fourth-order valence-corrected chi connectivity index (χ4v) is 2.40. The van der Waals surface area contributed by atoms with E-state index in [1.54, 1.807) is 7.11 Å². The van der Waals surface area contributed by atoms with E-state index in [-0.39, 0.29) is 0 Å². The van der Waals surface area contributed by atoms with Crippen LogP contribution in [0.25, 0.3) is 0 Å². The van der Waals surface area contributed by atoms with Gasteiger partial charge in [0.25, 0.3) is 0 Å². The van der Waals surface area contributed by atoms with E-state index in [2.05, 4.69) is 19.1 Å². The molecule has 108 valence electrons. The van der Waals surface area contributed by atoms with E-state index in [0.29, 0.717) is 12.5 Å². The molecule has 0 aromatic heterocycles. The second-order valence-electron chi connectivity index (χ2n) is 4.76. The minimum absolute atomic E-state index is 0.568. The lowest BCUT2D eigenvalue weighted by molar-refractivity contribution is 0.310. The second kappa shape index (κ2) is 8.81. The van der Waals surface area contributed by atoms with Gasteiger partial charge in [0.2, 0.25) is 0 Å². The van der Waals surface area contributed by atoms with Crippen molar-refractivity contribution in [1.29, 1.82) is 0 Å². The van der Waals surface area contributed by atoms with Gasteiger partial charge in [-0.3, -0.25) is 0 Å². The molecule has 0 amide bonds. The minimum Gasteiger partial charge on any atom is -0.493 e. The van der Waals surface area contributed by atoms with Gasteiger partial charge in [-0.2, -0.15) is 0 Å². The first kappa shape index (κ1) is 15.8. The second-order valence-corrected chi connectivity index (χ2v) is 4.76. The van der Waals surface area contributed by atoms with E-state index < -0.39 is 0 Å². The maximum absolute atomic E-state index is 5.63. The van der Waals surface area contributed by atoms with Crippen LogP contribution in [-0.4, -0.2) is 20.3 Å². The van der Waals surface area contributed by atoms with Crippen LogP contribution in [0, 0.1) is 0 Å². The van der Waals surface area contributed by atoms with Crippen molar-refractivity contribution in [3.05, 3.63) is 23.8 Å². The van der Waals surface area contributed by atoms with E-state index in [1.807, 2.05) is 13.0 Å². The summed E-state index contributed by atoms with van der Waals surface area (Å²) in [6, 6.07) is 6.29. The molecule has 0 aliphatic rings. The predicted molar refractivity (Wildman–Crippen MR) is 80.1 cm³/mol. The van der Waals surface area contributed by atoms with E-state index in [0.717, 1.165) is 30.9 Å². The van der Waals surface area contributed by atoms with Crippen molar-refractivity contribution in [2.45, 2.75) is 45.4 Å². The molecule has 0 heterocycles. The predicted octanol–water partition coefficient (Wildman–Crippen LogP) is 3.72. The number of benzene rings is 1. The van der Waals surface area contributed by atoms with Crippen LogP contribution in [0.5, 0.6) is 11.5 Å². The molecule has 0 saturated carbocycles. The van der Waals surface area contributed by atoms with Gasteiger partial charge in [0.1, 0.15) is 0 Å². The molecule has 1 aromatic carbocycles. The van der Waals surface area contributed by atoms with Gasteiger partial charge in [-0.25, -0.2) is 0 Å². The number of nitrogens with two attached hydrogens (primary N) is 1. The molecule has 19 heavy (non-hydrogen) atoms.